The van der Waals surface area contributed by atoms with Gasteiger partial charge < -0.3 is 19.8 Å². The van der Waals surface area contributed by atoms with E-state index in [9.17, 15) is 22.8 Å². The lowest BCUT2D eigenvalue weighted by Gasteiger charge is -2.44. The van der Waals surface area contributed by atoms with Crippen LogP contribution in [0.15, 0.2) is 0 Å². The van der Waals surface area contributed by atoms with Crippen molar-refractivity contribution in [2.75, 3.05) is 46.8 Å². The average Bonchev–Trinajstić information content (AvgIpc) is 3.18. The number of hydrogen-bond acceptors (Lipinski definition) is 4. The molecule has 0 unspecified atom stereocenters. The number of nitrogens with zero attached hydrogens (tertiary/aromatic N) is 3. The largest absolute Gasteiger partial charge is 0.490 e. The molecule has 3 fully saturated rings. The maximum absolute atomic E-state index is 13.0. The van der Waals surface area contributed by atoms with Crippen LogP contribution in [0.2, 0.25) is 0 Å². The van der Waals surface area contributed by atoms with Gasteiger partial charge in [-0.1, -0.05) is 6.92 Å². The second kappa shape index (κ2) is 8.72. The van der Waals surface area contributed by atoms with E-state index in [1.165, 1.54) is 0 Å². The van der Waals surface area contributed by atoms with E-state index in [2.05, 4.69) is 11.8 Å². The first-order valence-corrected chi connectivity index (χ1v) is 10.3. The quantitative estimate of drug-likeness (QED) is 0.718. The first-order chi connectivity index (χ1) is 13.8. The lowest BCUT2D eigenvalue weighted by molar-refractivity contribution is -0.192. The van der Waals surface area contributed by atoms with Crippen LogP contribution in [0.3, 0.4) is 0 Å². The summed E-state index contributed by atoms with van der Waals surface area (Å²) in [5, 5.41) is 7.12. The van der Waals surface area contributed by atoms with Gasteiger partial charge in [-0.2, -0.15) is 13.2 Å². The van der Waals surface area contributed by atoms with Crippen molar-refractivity contribution in [2.45, 2.75) is 45.7 Å². The van der Waals surface area contributed by atoms with Crippen molar-refractivity contribution in [2.24, 2.45) is 16.7 Å². The molecule has 3 rings (SSSR count). The highest BCUT2D eigenvalue weighted by molar-refractivity contribution is 5.84. The van der Waals surface area contributed by atoms with Crippen LogP contribution in [0, 0.1) is 16.7 Å². The van der Waals surface area contributed by atoms with Gasteiger partial charge in [0.1, 0.15) is 0 Å². The van der Waals surface area contributed by atoms with Crippen LogP contribution < -0.4 is 0 Å². The molecule has 172 valence electrons. The van der Waals surface area contributed by atoms with E-state index in [-0.39, 0.29) is 16.7 Å². The van der Waals surface area contributed by atoms with Gasteiger partial charge in [0.2, 0.25) is 11.8 Å². The third-order valence-electron chi connectivity index (χ3n) is 7.15. The molecule has 1 aliphatic carbocycles. The van der Waals surface area contributed by atoms with Crippen LogP contribution in [0.5, 0.6) is 0 Å². The summed E-state index contributed by atoms with van der Waals surface area (Å²) in [6, 6.07) is 0. The van der Waals surface area contributed by atoms with Crippen LogP contribution in [0.4, 0.5) is 13.2 Å². The van der Waals surface area contributed by atoms with Crippen molar-refractivity contribution < 1.29 is 32.7 Å². The number of carbonyl (C=O) groups excluding carboxylic acids is 2. The predicted molar refractivity (Wildman–Crippen MR) is 104 cm³/mol. The lowest BCUT2D eigenvalue weighted by atomic mass is 9.65. The number of fused-ring (bicyclic) bond motifs is 2. The molecule has 0 aromatic rings. The van der Waals surface area contributed by atoms with Crippen molar-refractivity contribution >= 4 is 17.8 Å². The Morgan fingerprint density at radius 3 is 2.03 bits per heavy atom. The van der Waals surface area contributed by atoms with Crippen LogP contribution in [-0.2, 0) is 14.4 Å². The van der Waals surface area contributed by atoms with E-state index in [1.807, 2.05) is 19.0 Å². The highest BCUT2D eigenvalue weighted by Crippen LogP contribution is 2.62. The molecule has 1 spiro atoms. The molecule has 2 atom stereocenters. The average molecular weight is 435 g/mol. The molecule has 2 aliphatic heterocycles. The maximum atomic E-state index is 13.0. The first-order valence-electron chi connectivity index (χ1n) is 10.3. The van der Waals surface area contributed by atoms with Crippen LogP contribution in [0.1, 0.15) is 39.5 Å². The summed E-state index contributed by atoms with van der Waals surface area (Å²) < 4.78 is 31.7. The van der Waals surface area contributed by atoms with E-state index in [0.29, 0.717) is 11.8 Å². The molecule has 3 aliphatic rings. The number of aliphatic carboxylic acids is 1. The van der Waals surface area contributed by atoms with Gasteiger partial charge >= 0.3 is 12.1 Å². The fourth-order valence-corrected chi connectivity index (χ4v) is 5.56. The SMILES string of the molecule is CCN1C[C@H]2C3(CCN(C(C)=O)CC3)CC[C@@]2(C(=O)N(C)C)C1.O=C(O)C(F)(F)F. The van der Waals surface area contributed by atoms with Gasteiger partial charge in [0.05, 0.1) is 5.41 Å². The lowest BCUT2D eigenvalue weighted by Crippen LogP contribution is -2.49. The number of alkyl halides is 3. The van der Waals surface area contributed by atoms with Crippen LogP contribution in [-0.4, -0.2) is 90.6 Å². The van der Waals surface area contributed by atoms with Crippen LogP contribution >= 0.6 is 0 Å². The Labute approximate surface area is 175 Å². The Morgan fingerprint density at radius 1 is 1.10 bits per heavy atom. The van der Waals surface area contributed by atoms with Crippen LogP contribution in [0.25, 0.3) is 0 Å². The molecule has 2 amide bonds. The second-order valence-corrected chi connectivity index (χ2v) is 8.91. The molecule has 1 N–H and O–H groups in total. The summed E-state index contributed by atoms with van der Waals surface area (Å²) in [6.45, 7) is 8.59. The van der Waals surface area contributed by atoms with Gasteiger partial charge in [-0.05, 0) is 43.6 Å². The van der Waals surface area contributed by atoms with Crippen molar-refractivity contribution in [3.05, 3.63) is 0 Å². The molecule has 7 nitrogen and oxygen atoms in total. The number of rotatable bonds is 2. The third-order valence-corrected chi connectivity index (χ3v) is 7.15. The summed E-state index contributed by atoms with van der Waals surface area (Å²) in [7, 11) is 3.79. The zero-order valence-electron chi connectivity index (χ0n) is 18.1. The van der Waals surface area contributed by atoms with Gasteiger partial charge in [0.25, 0.3) is 0 Å². The standard InChI is InChI=1S/C18H31N3O2.C2HF3O2/c1-5-20-12-15-17(8-10-21(11-9-17)14(2)22)6-7-18(15,13-20)16(23)19(3)4;3-2(4,5)1(6)7/h15H,5-13H2,1-4H3;(H,6,7)/t15-,18+;/m0./s1. The minimum Gasteiger partial charge on any atom is -0.475 e. The Morgan fingerprint density at radius 2 is 1.63 bits per heavy atom. The molecule has 0 radical (unpaired) electrons. The predicted octanol–water partition coefficient (Wildman–Crippen LogP) is 2.07. The molecule has 30 heavy (non-hydrogen) atoms. The molecule has 1 saturated carbocycles. The summed E-state index contributed by atoms with van der Waals surface area (Å²) in [4.78, 5) is 39.8. The van der Waals surface area contributed by atoms with Crippen molar-refractivity contribution in [3.63, 3.8) is 0 Å². The van der Waals surface area contributed by atoms with Gasteiger partial charge in [-0.3, -0.25) is 9.59 Å². The molecule has 0 bridgehead atoms. The van der Waals surface area contributed by atoms with Crippen molar-refractivity contribution in [1.82, 2.24) is 14.7 Å². The molecule has 2 saturated heterocycles. The number of carbonyl (C=O) groups is 3. The molecule has 2 heterocycles. The van der Waals surface area contributed by atoms with Gasteiger partial charge in [0.15, 0.2) is 0 Å². The zero-order chi connectivity index (χ0) is 22.9. The van der Waals surface area contributed by atoms with Gasteiger partial charge in [-0.25, -0.2) is 4.79 Å². The fraction of sp³-hybridized carbons (Fsp3) is 0.850. The number of carboxylic acids is 1. The summed E-state index contributed by atoms with van der Waals surface area (Å²) >= 11 is 0. The fourth-order valence-electron chi connectivity index (χ4n) is 5.56. The van der Waals surface area contributed by atoms with E-state index < -0.39 is 12.1 Å². The Balaban J connectivity index is 0.000000396. The topological polar surface area (TPSA) is 81.2 Å². The van der Waals surface area contributed by atoms with Crippen molar-refractivity contribution in [1.29, 1.82) is 0 Å². The van der Waals surface area contributed by atoms with Gasteiger partial charge in [-0.15, -0.1) is 0 Å². The van der Waals surface area contributed by atoms with E-state index in [4.69, 9.17) is 9.90 Å². The van der Waals surface area contributed by atoms with E-state index in [1.54, 1.807) is 11.8 Å². The normalized spacial score (nSPS) is 28.0. The summed E-state index contributed by atoms with van der Waals surface area (Å²) in [5.74, 6) is -1.79. The van der Waals surface area contributed by atoms with E-state index in [0.717, 1.165) is 58.4 Å². The second-order valence-electron chi connectivity index (χ2n) is 8.91. The molecule has 0 aromatic heterocycles. The highest BCUT2D eigenvalue weighted by Gasteiger charge is 2.64. The minimum atomic E-state index is -5.08. The van der Waals surface area contributed by atoms with E-state index >= 15 is 0 Å². The number of carboxylic acid groups (broad SMARTS) is 1. The summed E-state index contributed by atoms with van der Waals surface area (Å²) in [6.07, 6.45) is -0.777. The Hall–Kier alpha value is -1.84. The molecule has 10 heteroatoms. The summed E-state index contributed by atoms with van der Waals surface area (Å²) in [5.41, 5.74) is 0.0828. The number of hydrogen-bond donors (Lipinski definition) is 1. The molecular formula is C20H32F3N3O4. The number of amides is 2. The Kier molecular flexibility index (Phi) is 7.10. The van der Waals surface area contributed by atoms with Gasteiger partial charge in [0, 0.05) is 47.2 Å². The minimum absolute atomic E-state index is 0.183. The zero-order valence-corrected chi connectivity index (χ0v) is 18.1. The highest BCUT2D eigenvalue weighted by atomic mass is 19.4. The van der Waals surface area contributed by atoms with Crippen molar-refractivity contribution in [3.8, 4) is 0 Å². The third kappa shape index (κ3) is 4.58. The number of halogens is 3. The monoisotopic (exact) mass is 435 g/mol. The number of piperidine rings is 1. The maximum Gasteiger partial charge on any atom is 0.490 e. The molecule has 0 aromatic carbocycles. The molecular weight excluding hydrogens is 403 g/mol. The number of likely N-dealkylation sites (tertiary alicyclic amines) is 2. The first kappa shape index (κ1) is 24.4. The smallest absolute Gasteiger partial charge is 0.475 e. The Bertz CT molecular complexity index is 675.